The van der Waals surface area contributed by atoms with Crippen molar-refractivity contribution in [1.29, 1.82) is 10.7 Å². The first-order valence-electron chi connectivity index (χ1n) is 12.1. The lowest BCUT2D eigenvalue weighted by molar-refractivity contribution is 0.216. The van der Waals surface area contributed by atoms with Crippen LogP contribution in [0.5, 0.6) is 11.5 Å². The maximum Gasteiger partial charge on any atom is 0.162 e. The van der Waals surface area contributed by atoms with Crippen molar-refractivity contribution in [2.45, 2.75) is 18.6 Å². The van der Waals surface area contributed by atoms with Gasteiger partial charge in [0.25, 0.3) is 0 Å². The lowest BCUT2D eigenvalue weighted by atomic mass is 9.90. The van der Waals surface area contributed by atoms with Gasteiger partial charge in [0.05, 0.1) is 34.0 Å². The molecule has 10 nitrogen and oxygen atoms in total. The Bertz CT molecular complexity index is 1430. The Morgan fingerprint density at radius 1 is 1.21 bits per heavy atom. The van der Waals surface area contributed by atoms with Crippen molar-refractivity contribution >= 4 is 40.4 Å². The summed E-state index contributed by atoms with van der Waals surface area (Å²) in [4.78, 5) is 12.5. The number of likely N-dealkylation sites (N-methyl/N-ethyl adjacent to an activating group) is 1. The zero-order valence-electron chi connectivity index (χ0n) is 22.1. The van der Waals surface area contributed by atoms with Crippen LogP contribution in [0.3, 0.4) is 0 Å². The van der Waals surface area contributed by atoms with Crippen molar-refractivity contribution in [2.75, 3.05) is 51.5 Å². The molecule has 0 amide bonds. The van der Waals surface area contributed by atoms with Crippen molar-refractivity contribution in [1.82, 2.24) is 14.9 Å². The third kappa shape index (κ3) is 5.87. The molecule has 39 heavy (non-hydrogen) atoms. The summed E-state index contributed by atoms with van der Waals surface area (Å²) in [5, 5.41) is 19.5. The molecule has 3 heterocycles. The van der Waals surface area contributed by atoms with Gasteiger partial charge in [-0.3, -0.25) is 10.4 Å². The Labute approximate surface area is 237 Å². The molecule has 0 aliphatic carbocycles. The minimum Gasteiger partial charge on any atom is -0.493 e. The number of hydrogen-bond acceptors (Lipinski definition) is 10. The number of rotatable bonds is 9. The van der Waals surface area contributed by atoms with Crippen molar-refractivity contribution in [2.24, 2.45) is 5.73 Å². The van der Waals surface area contributed by atoms with E-state index in [1.165, 1.54) is 19.5 Å². The molecule has 1 aliphatic rings. The number of hydrogen-bond donors (Lipinski definition) is 3. The Morgan fingerprint density at radius 2 is 1.87 bits per heavy atom. The number of methoxy groups -OCH3 is 1. The van der Waals surface area contributed by atoms with E-state index in [9.17, 15) is 5.26 Å². The summed E-state index contributed by atoms with van der Waals surface area (Å²) in [5.41, 5.74) is 14.5. The van der Waals surface area contributed by atoms with Gasteiger partial charge in [0.1, 0.15) is 18.0 Å². The molecule has 0 radical (unpaired) electrons. The van der Waals surface area contributed by atoms with E-state index in [2.05, 4.69) is 16.0 Å². The minimum absolute atomic E-state index is 0.0765. The maximum atomic E-state index is 9.84. The zero-order valence-corrected chi connectivity index (χ0v) is 23.6. The molecule has 3 aromatic rings. The third-order valence-electron chi connectivity index (χ3n) is 6.42. The second kappa shape index (κ2) is 11.2. The Hall–Kier alpha value is -3.62. The van der Waals surface area contributed by atoms with Crippen LogP contribution < -0.4 is 25.8 Å². The van der Waals surface area contributed by atoms with Gasteiger partial charge in [0, 0.05) is 66.7 Å². The van der Waals surface area contributed by atoms with Gasteiger partial charge in [-0.15, -0.1) is 0 Å². The van der Waals surface area contributed by atoms with Crippen molar-refractivity contribution in [3.8, 4) is 17.6 Å². The number of aromatic nitrogens is 2. The first-order chi connectivity index (χ1) is 18.5. The lowest BCUT2D eigenvalue weighted by Crippen LogP contribution is -2.71. The van der Waals surface area contributed by atoms with E-state index < -0.39 is 6.10 Å². The Balaban J connectivity index is 1.62. The van der Waals surface area contributed by atoms with E-state index in [1.54, 1.807) is 31.3 Å². The highest BCUT2D eigenvalue weighted by Crippen LogP contribution is 2.39. The molecule has 1 aromatic carbocycles. The summed E-state index contributed by atoms with van der Waals surface area (Å²) in [5.74, 6) is 1.26. The van der Waals surface area contributed by atoms with Gasteiger partial charge >= 0.3 is 0 Å². The number of halogens is 2. The first-order valence-corrected chi connectivity index (χ1v) is 12.8. The summed E-state index contributed by atoms with van der Waals surface area (Å²) in [6.45, 7) is 3.69. The van der Waals surface area contributed by atoms with Gasteiger partial charge in [-0.1, -0.05) is 23.2 Å². The molecule has 0 bridgehead atoms. The first kappa shape index (κ1) is 28.4. The zero-order chi connectivity index (χ0) is 28.5. The van der Waals surface area contributed by atoms with Gasteiger partial charge in [-0.25, -0.2) is 4.98 Å². The molecule has 0 spiro atoms. The number of pyridine rings is 2. The van der Waals surface area contributed by atoms with E-state index in [4.69, 9.17) is 49.6 Å². The van der Waals surface area contributed by atoms with Crippen LogP contribution in [0.2, 0.25) is 10.0 Å². The van der Waals surface area contributed by atoms with Gasteiger partial charge in [-0.2, -0.15) is 5.26 Å². The molecule has 204 valence electrons. The predicted molar refractivity (Wildman–Crippen MR) is 153 cm³/mol. The quantitative estimate of drug-likeness (QED) is 0.258. The summed E-state index contributed by atoms with van der Waals surface area (Å²) >= 11 is 12.6. The molecular formula is C27H30Cl2N8O2. The van der Waals surface area contributed by atoms with Gasteiger partial charge < -0.3 is 30.7 Å². The summed E-state index contributed by atoms with van der Waals surface area (Å²) in [6.07, 6.45) is 3.98. The number of nitrogens with zero attached hydrogens (tertiary/aromatic N) is 5. The summed E-state index contributed by atoms with van der Waals surface area (Å²) in [6, 6.07) is 7.04. The van der Waals surface area contributed by atoms with E-state index in [-0.39, 0.29) is 11.3 Å². The lowest BCUT2D eigenvalue weighted by Gasteiger charge is -2.49. The monoisotopic (exact) mass is 568 g/mol. The van der Waals surface area contributed by atoms with Crippen LogP contribution >= 0.6 is 23.2 Å². The molecule has 12 heteroatoms. The minimum atomic E-state index is -0.558. The fourth-order valence-electron chi connectivity index (χ4n) is 4.78. The van der Waals surface area contributed by atoms with E-state index >= 15 is 0 Å². The number of anilines is 2. The number of ether oxygens (including phenoxy) is 2. The van der Waals surface area contributed by atoms with Gasteiger partial charge in [0.15, 0.2) is 11.5 Å². The number of nitrogen functional groups attached to an aromatic ring is 1. The Morgan fingerprint density at radius 3 is 2.46 bits per heavy atom. The number of nitriles is 1. The molecule has 1 atom stereocenters. The largest absolute Gasteiger partial charge is 0.493 e. The second-order valence-corrected chi connectivity index (χ2v) is 10.7. The van der Waals surface area contributed by atoms with Gasteiger partial charge in [0.2, 0.25) is 0 Å². The SMILES string of the molecule is COc1cc(N)c(C(=N)c2cnc(N3CC(N)(CN(C)C)C3)c(C#N)c2)cc1O[C@H](C)c1c(Cl)cncc1Cl. The van der Waals surface area contributed by atoms with Crippen LogP contribution in [0.4, 0.5) is 11.5 Å². The van der Waals surface area contributed by atoms with E-state index in [1.807, 2.05) is 23.9 Å². The number of nitrogens with two attached hydrogens (primary N) is 2. The second-order valence-electron chi connectivity index (χ2n) is 9.91. The predicted octanol–water partition coefficient (Wildman–Crippen LogP) is 3.88. The van der Waals surface area contributed by atoms with Crippen molar-refractivity contribution in [3.05, 3.63) is 69.1 Å². The molecule has 1 saturated heterocycles. The van der Waals surface area contributed by atoms with Crippen LogP contribution in [-0.2, 0) is 0 Å². The van der Waals surface area contributed by atoms with Crippen LogP contribution in [-0.4, -0.2) is 67.0 Å². The van der Waals surface area contributed by atoms with Crippen molar-refractivity contribution in [3.63, 3.8) is 0 Å². The fraction of sp³-hybridized carbons (Fsp3) is 0.333. The standard InChI is InChI=1S/C27H30Cl2N8O2/c1-15(24-19(28)10-34-11-20(24)29)39-23-6-18(21(31)7-22(23)38-4)25(32)17-5-16(8-30)26(35-9-17)37-13-27(33,14-37)12-36(2)3/h5-7,9-11,15,32H,12-14,31,33H2,1-4H3/t15-/m1/s1. The van der Waals surface area contributed by atoms with Crippen LogP contribution in [0.15, 0.2) is 36.8 Å². The van der Waals surface area contributed by atoms with Crippen LogP contribution in [0, 0.1) is 16.7 Å². The summed E-state index contributed by atoms with van der Waals surface area (Å²) in [7, 11) is 5.44. The highest BCUT2D eigenvalue weighted by Gasteiger charge is 2.41. The molecule has 0 saturated carbocycles. The van der Waals surface area contributed by atoms with Crippen LogP contribution in [0.1, 0.15) is 35.3 Å². The molecule has 0 unspecified atom stereocenters. The average molecular weight is 569 g/mol. The molecule has 1 aliphatic heterocycles. The normalized spacial score (nSPS) is 14.9. The molecule has 2 aromatic heterocycles. The third-order valence-corrected chi connectivity index (χ3v) is 7.03. The smallest absolute Gasteiger partial charge is 0.162 e. The highest BCUT2D eigenvalue weighted by atomic mass is 35.5. The number of nitrogens with one attached hydrogen (secondary N) is 1. The molecular weight excluding hydrogens is 539 g/mol. The van der Waals surface area contributed by atoms with Gasteiger partial charge in [-0.05, 0) is 33.2 Å². The maximum absolute atomic E-state index is 9.84. The molecule has 1 fully saturated rings. The molecule has 4 rings (SSSR count). The van der Waals surface area contributed by atoms with Crippen molar-refractivity contribution < 1.29 is 9.47 Å². The molecule has 5 N–H and O–H groups in total. The van der Waals surface area contributed by atoms with E-state index in [0.717, 1.165) is 6.54 Å². The number of benzene rings is 1. The topological polar surface area (TPSA) is 150 Å². The fourth-order valence-corrected chi connectivity index (χ4v) is 5.45. The van der Waals surface area contributed by atoms with E-state index in [0.29, 0.717) is 68.4 Å². The highest BCUT2D eigenvalue weighted by molar-refractivity contribution is 6.35. The summed E-state index contributed by atoms with van der Waals surface area (Å²) < 4.78 is 11.6. The van der Waals surface area contributed by atoms with Crippen LogP contribution in [0.25, 0.3) is 0 Å². The Kier molecular flexibility index (Phi) is 8.18. The average Bonchev–Trinajstić information content (AvgIpc) is 2.86.